The van der Waals surface area contributed by atoms with E-state index in [0.717, 1.165) is 26.2 Å². The molecule has 3 aliphatic heterocycles. The van der Waals surface area contributed by atoms with Crippen LogP contribution in [0.1, 0.15) is 0 Å². The third-order valence-corrected chi connectivity index (χ3v) is 5.72. The first-order chi connectivity index (χ1) is 14.4. The molecule has 1 aromatic carbocycles. The van der Waals surface area contributed by atoms with Gasteiger partial charge in [-0.05, 0) is 19.2 Å². The van der Waals surface area contributed by atoms with E-state index >= 15 is 0 Å². The Kier molecular flexibility index (Phi) is 5.78. The van der Waals surface area contributed by atoms with Gasteiger partial charge in [-0.1, -0.05) is 18.2 Å². The SMILES string of the molecule is CN1CCN(C2=NC3C(C(=O)NC(=O)N3C)N2CC(O)COc2ccccc2)CC1. The first kappa shape index (κ1) is 20.4. The Hall–Kier alpha value is -2.85. The van der Waals surface area contributed by atoms with E-state index in [-0.39, 0.29) is 13.2 Å². The van der Waals surface area contributed by atoms with Gasteiger partial charge in [0.1, 0.15) is 18.5 Å². The van der Waals surface area contributed by atoms with E-state index in [9.17, 15) is 14.7 Å². The van der Waals surface area contributed by atoms with Crippen molar-refractivity contribution in [3.8, 4) is 5.75 Å². The number of ether oxygens (including phenoxy) is 1. The van der Waals surface area contributed by atoms with Gasteiger partial charge < -0.3 is 29.4 Å². The molecule has 0 bridgehead atoms. The standard InChI is InChI=1S/C20H28N6O4/c1-23-8-10-25(11-9-23)19-21-17-16(18(28)22-20(29)24(17)2)26(19)12-14(27)13-30-15-6-4-3-5-7-15/h3-7,14,16-17,27H,8-13H2,1-2H3,(H,22,28,29). The molecular formula is C20H28N6O4. The fourth-order valence-corrected chi connectivity index (χ4v) is 3.97. The molecule has 0 aliphatic carbocycles. The number of aliphatic imine (C=N–C) groups is 1. The number of rotatable bonds is 5. The second kappa shape index (κ2) is 8.49. The van der Waals surface area contributed by atoms with Crippen molar-refractivity contribution in [1.29, 1.82) is 0 Å². The zero-order valence-electron chi connectivity index (χ0n) is 17.3. The van der Waals surface area contributed by atoms with E-state index in [0.29, 0.717) is 11.7 Å². The molecule has 0 radical (unpaired) electrons. The lowest BCUT2D eigenvalue weighted by molar-refractivity contribution is -0.127. The maximum absolute atomic E-state index is 12.7. The number of nitrogens with zero attached hydrogens (tertiary/aromatic N) is 5. The Balaban J connectivity index is 1.50. The van der Waals surface area contributed by atoms with E-state index in [1.807, 2.05) is 35.2 Å². The number of likely N-dealkylation sites (N-methyl/N-ethyl adjacent to an activating group) is 2. The summed E-state index contributed by atoms with van der Waals surface area (Å²) >= 11 is 0. The van der Waals surface area contributed by atoms with Gasteiger partial charge in [-0.3, -0.25) is 10.1 Å². The number of β-amino-alcohol motifs (C(OH)–C–C–N with tert-alkyl or cyclic N) is 1. The molecule has 3 unspecified atom stereocenters. The lowest BCUT2D eigenvalue weighted by Crippen LogP contribution is -2.65. The number of guanidine groups is 1. The minimum absolute atomic E-state index is 0.0876. The van der Waals surface area contributed by atoms with E-state index in [2.05, 4.69) is 22.2 Å². The third kappa shape index (κ3) is 4.05. The van der Waals surface area contributed by atoms with Crippen LogP contribution in [0.4, 0.5) is 4.79 Å². The first-order valence-electron chi connectivity index (χ1n) is 10.2. The van der Waals surface area contributed by atoms with Crippen LogP contribution in [0.5, 0.6) is 5.75 Å². The molecule has 162 valence electrons. The average Bonchev–Trinajstić information content (AvgIpc) is 3.12. The molecule has 1 aromatic rings. The normalized spacial score (nSPS) is 25.7. The lowest BCUT2D eigenvalue weighted by atomic mass is 10.1. The van der Waals surface area contributed by atoms with Crippen LogP contribution in [-0.4, -0.2) is 114 Å². The monoisotopic (exact) mass is 416 g/mol. The summed E-state index contributed by atoms with van der Waals surface area (Å²) in [6, 6.07) is 8.14. The molecule has 0 aromatic heterocycles. The van der Waals surface area contributed by atoms with Gasteiger partial charge >= 0.3 is 6.03 Å². The summed E-state index contributed by atoms with van der Waals surface area (Å²) in [5.74, 6) is 0.922. The number of aliphatic hydroxyl groups is 1. The number of carbonyl (C=O) groups excluding carboxylic acids is 2. The zero-order valence-corrected chi connectivity index (χ0v) is 17.3. The predicted molar refractivity (Wildman–Crippen MR) is 110 cm³/mol. The largest absolute Gasteiger partial charge is 0.491 e. The van der Waals surface area contributed by atoms with Crippen LogP contribution in [0.25, 0.3) is 0 Å². The molecule has 30 heavy (non-hydrogen) atoms. The topological polar surface area (TPSA) is 101 Å². The van der Waals surface area contributed by atoms with Crippen molar-refractivity contribution in [2.45, 2.75) is 18.3 Å². The second-order valence-electron chi connectivity index (χ2n) is 7.91. The Bertz CT molecular complexity index is 811. The zero-order chi connectivity index (χ0) is 21.3. The number of urea groups is 1. The summed E-state index contributed by atoms with van der Waals surface area (Å²) in [7, 11) is 3.69. The van der Waals surface area contributed by atoms with Crippen LogP contribution in [0.3, 0.4) is 0 Å². The molecule has 2 saturated heterocycles. The third-order valence-electron chi connectivity index (χ3n) is 5.72. The summed E-state index contributed by atoms with van der Waals surface area (Å²) in [6.45, 7) is 3.55. The molecular weight excluding hydrogens is 388 g/mol. The summed E-state index contributed by atoms with van der Waals surface area (Å²) < 4.78 is 5.67. The second-order valence-corrected chi connectivity index (χ2v) is 7.91. The van der Waals surface area contributed by atoms with Crippen LogP contribution >= 0.6 is 0 Å². The number of hydrogen-bond donors (Lipinski definition) is 2. The van der Waals surface area contributed by atoms with E-state index in [4.69, 9.17) is 9.73 Å². The fourth-order valence-electron chi connectivity index (χ4n) is 3.97. The van der Waals surface area contributed by atoms with Crippen LogP contribution < -0.4 is 10.1 Å². The quantitative estimate of drug-likeness (QED) is 0.650. The number of nitrogens with one attached hydrogen (secondary N) is 1. The molecule has 3 amide bonds. The number of aliphatic hydroxyl groups excluding tert-OH is 1. The minimum atomic E-state index is -0.836. The number of piperazine rings is 1. The lowest BCUT2D eigenvalue weighted by Gasteiger charge is -2.40. The Morgan fingerprint density at radius 1 is 1.17 bits per heavy atom. The fraction of sp³-hybridized carbons (Fsp3) is 0.550. The van der Waals surface area contributed by atoms with Gasteiger partial charge in [0.15, 0.2) is 18.2 Å². The highest BCUT2D eigenvalue weighted by Gasteiger charge is 2.50. The van der Waals surface area contributed by atoms with Gasteiger partial charge in [0.25, 0.3) is 5.91 Å². The van der Waals surface area contributed by atoms with Crippen molar-refractivity contribution in [2.75, 3.05) is 53.4 Å². The maximum atomic E-state index is 12.7. The number of imide groups is 1. The van der Waals surface area contributed by atoms with Gasteiger partial charge in [-0.15, -0.1) is 0 Å². The van der Waals surface area contributed by atoms with E-state index < -0.39 is 30.2 Å². The summed E-state index contributed by atoms with van der Waals surface area (Å²) in [4.78, 5) is 37.1. The molecule has 0 saturated carbocycles. The first-order valence-corrected chi connectivity index (χ1v) is 10.2. The molecule has 4 rings (SSSR count). The van der Waals surface area contributed by atoms with Gasteiger partial charge in [-0.2, -0.15) is 0 Å². The predicted octanol–water partition coefficient (Wildman–Crippen LogP) is -0.778. The van der Waals surface area contributed by atoms with E-state index in [1.165, 1.54) is 4.90 Å². The maximum Gasteiger partial charge on any atom is 0.325 e. The highest BCUT2D eigenvalue weighted by Crippen LogP contribution is 2.26. The molecule has 10 heteroatoms. The van der Waals surface area contributed by atoms with Crippen molar-refractivity contribution < 1.29 is 19.4 Å². The van der Waals surface area contributed by atoms with Gasteiger partial charge in [0.2, 0.25) is 0 Å². The van der Waals surface area contributed by atoms with Crippen LogP contribution in [0, 0.1) is 0 Å². The average molecular weight is 416 g/mol. The van der Waals surface area contributed by atoms with Crippen molar-refractivity contribution >= 4 is 17.9 Å². The molecule has 2 fully saturated rings. The molecule has 3 aliphatic rings. The minimum Gasteiger partial charge on any atom is -0.491 e. The number of hydrogen-bond acceptors (Lipinski definition) is 8. The Labute approximate surface area is 175 Å². The van der Waals surface area contributed by atoms with Crippen molar-refractivity contribution in [3.05, 3.63) is 30.3 Å². The highest BCUT2D eigenvalue weighted by atomic mass is 16.5. The van der Waals surface area contributed by atoms with Gasteiger partial charge in [0.05, 0.1) is 6.54 Å². The van der Waals surface area contributed by atoms with Gasteiger partial charge in [-0.25, -0.2) is 9.79 Å². The summed E-state index contributed by atoms with van der Waals surface area (Å²) in [5.41, 5.74) is 0. The number of carbonyl (C=O) groups is 2. The van der Waals surface area contributed by atoms with Crippen molar-refractivity contribution in [1.82, 2.24) is 24.9 Å². The molecule has 2 N–H and O–H groups in total. The number of amides is 3. The molecule has 0 spiro atoms. The number of para-hydroxylation sites is 1. The van der Waals surface area contributed by atoms with Crippen LogP contribution in [-0.2, 0) is 4.79 Å². The molecule has 10 nitrogen and oxygen atoms in total. The molecule has 3 heterocycles. The van der Waals surface area contributed by atoms with Gasteiger partial charge in [0, 0.05) is 33.2 Å². The van der Waals surface area contributed by atoms with Crippen molar-refractivity contribution in [3.63, 3.8) is 0 Å². The summed E-state index contributed by atoms with van der Waals surface area (Å²) in [5, 5.41) is 13.0. The summed E-state index contributed by atoms with van der Waals surface area (Å²) in [6.07, 6.45) is -1.44. The number of benzene rings is 1. The van der Waals surface area contributed by atoms with Crippen LogP contribution in [0.2, 0.25) is 0 Å². The van der Waals surface area contributed by atoms with E-state index in [1.54, 1.807) is 7.05 Å². The highest BCUT2D eigenvalue weighted by molar-refractivity contribution is 6.03. The smallest absolute Gasteiger partial charge is 0.325 e. The molecule has 3 atom stereocenters. The number of fused-ring (bicyclic) bond motifs is 1. The Morgan fingerprint density at radius 2 is 1.87 bits per heavy atom. The van der Waals surface area contributed by atoms with Crippen LogP contribution in [0.15, 0.2) is 35.3 Å². The van der Waals surface area contributed by atoms with Crippen molar-refractivity contribution in [2.24, 2.45) is 4.99 Å². The Morgan fingerprint density at radius 3 is 2.57 bits per heavy atom.